The van der Waals surface area contributed by atoms with Crippen LogP contribution in [0.4, 0.5) is 4.39 Å². The SMILES string of the molecule is Cc1c(C(=O)NC[C@@H](c2ccccc2)N2CCCC2)oc2ccc(F)cc12. The highest BCUT2D eigenvalue weighted by atomic mass is 19.1. The predicted octanol–water partition coefficient (Wildman–Crippen LogP) is 4.45. The number of hydrogen-bond acceptors (Lipinski definition) is 3. The molecule has 1 amide bonds. The number of amides is 1. The number of rotatable bonds is 5. The number of likely N-dealkylation sites (tertiary alicyclic amines) is 1. The van der Waals surface area contributed by atoms with Gasteiger partial charge in [0, 0.05) is 17.5 Å². The predicted molar refractivity (Wildman–Crippen MR) is 103 cm³/mol. The van der Waals surface area contributed by atoms with E-state index in [4.69, 9.17) is 4.42 Å². The molecule has 0 bridgehead atoms. The van der Waals surface area contributed by atoms with E-state index in [2.05, 4.69) is 22.3 Å². The number of halogens is 1. The van der Waals surface area contributed by atoms with Gasteiger partial charge in [0.2, 0.25) is 0 Å². The third kappa shape index (κ3) is 3.60. The van der Waals surface area contributed by atoms with Gasteiger partial charge in [0.05, 0.1) is 6.04 Å². The summed E-state index contributed by atoms with van der Waals surface area (Å²) in [5, 5.41) is 3.66. The summed E-state index contributed by atoms with van der Waals surface area (Å²) in [4.78, 5) is 15.2. The van der Waals surface area contributed by atoms with Gasteiger partial charge in [0.15, 0.2) is 5.76 Å². The Balaban J connectivity index is 1.54. The average molecular weight is 366 g/mol. The van der Waals surface area contributed by atoms with Crippen LogP contribution >= 0.6 is 0 Å². The Kier molecular flexibility index (Phi) is 4.94. The molecule has 1 aliphatic rings. The van der Waals surface area contributed by atoms with Crippen molar-refractivity contribution in [1.82, 2.24) is 10.2 Å². The highest BCUT2D eigenvalue weighted by Crippen LogP contribution is 2.27. The Morgan fingerprint density at radius 1 is 1.19 bits per heavy atom. The molecule has 2 heterocycles. The van der Waals surface area contributed by atoms with Crippen molar-refractivity contribution >= 4 is 16.9 Å². The van der Waals surface area contributed by atoms with Crippen LogP contribution in [-0.4, -0.2) is 30.4 Å². The number of fused-ring (bicyclic) bond motifs is 1. The third-order valence-electron chi connectivity index (χ3n) is 5.33. The Morgan fingerprint density at radius 3 is 2.67 bits per heavy atom. The first-order chi connectivity index (χ1) is 13.1. The lowest BCUT2D eigenvalue weighted by Crippen LogP contribution is -2.36. The van der Waals surface area contributed by atoms with Gasteiger partial charge in [-0.2, -0.15) is 0 Å². The van der Waals surface area contributed by atoms with Crippen molar-refractivity contribution < 1.29 is 13.6 Å². The zero-order valence-electron chi connectivity index (χ0n) is 15.4. The van der Waals surface area contributed by atoms with E-state index in [9.17, 15) is 9.18 Å². The number of benzene rings is 2. The highest BCUT2D eigenvalue weighted by Gasteiger charge is 2.25. The van der Waals surface area contributed by atoms with Crippen LogP contribution in [0.5, 0.6) is 0 Å². The van der Waals surface area contributed by atoms with E-state index in [0.717, 1.165) is 13.1 Å². The molecule has 1 N–H and O–H groups in total. The van der Waals surface area contributed by atoms with Crippen LogP contribution in [0.1, 0.15) is 40.6 Å². The minimum Gasteiger partial charge on any atom is -0.451 e. The molecular formula is C22H23FN2O2. The quantitative estimate of drug-likeness (QED) is 0.726. The molecule has 140 valence electrons. The topological polar surface area (TPSA) is 45.5 Å². The van der Waals surface area contributed by atoms with E-state index in [1.54, 1.807) is 13.0 Å². The summed E-state index contributed by atoms with van der Waals surface area (Å²) in [5.74, 6) is -0.343. The Morgan fingerprint density at radius 2 is 1.93 bits per heavy atom. The van der Waals surface area contributed by atoms with Gasteiger partial charge < -0.3 is 9.73 Å². The first kappa shape index (κ1) is 17.7. The molecule has 1 aromatic heterocycles. The lowest BCUT2D eigenvalue weighted by Gasteiger charge is -2.28. The van der Waals surface area contributed by atoms with Crippen LogP contribution in [0.3, 0.4) is 0 Å². The van der Waals surface area contributed by atoms with Gasteiger partial charge in [-0.15, -0.1) is 0 Å². The normalized spacial score (nSPS) is 15.9. The molecule has 3 aromatic rings. The van der Waals surface area contributed by atoms with E-state index in [1.807, 2.05) is 18.2 Å². The van der Waals surface area contributed by atoms with Crippen molar-refractivity contribution in [3.63, 3.8) is 0 Å². The molecule has 4 nitrogen and oxygen atoms in total. The number of hydrogen-bond donors (Lipinski definition) is 1. The summed E-state index contributed by atoms with van der Waals surface area (Å²) in [6.45, 7) is 4.37. The Hall–Kier alpha value is -2.66. The maximum atomic E-state index is 13.5. The summed E-state index contributed by atoms with van der Waals surface area (Å²) in [6, 6.07) is 14.7. The second kappa shape index (κ2) is 7.53. The van der Waals surface area contributed by atoms with Crippen LogP contribution in [0, 0.1) is 12.7 Å². The first-order valence-corrected chi connectivity index (χ1v) is 9.39. The molecule has 1 saturated heterocycles. The van der Waals surface area contributed by atoms with Gasteiger partial charge in [0.25, 0.3) is 5.91 Å². The van der Waals surface area contributed by atoms with Crippen LogP contribution < -0.4 is 5.32 Å². The minimum absolute atomic E-state index is 0.139. The highest BCUT2D eigenvalue weighted by molar-refractivity contribution is 5.98. The average Bonchev–Trinajstić information content (AvgIpc) is 3.32. The van der Waals surface area contributed by atoms with E-state index in [1.165, 1.54) is 30.5 Å². The smallest absolute Gasteiger partial charge is 0.287 e. The molecule has 2 aromatic carbocycles. The fourth-order valence-corrected chi connectivity index (χ4v) is 3.87. The lowest BCUT2D eigenvalue weighted by atomic mass is 10.1. The van der Waals surface area contributed by atoms with Crippen LogP contribution in [0.2, 0.25) is 0 Å². The summed E-state index contributed by atoms with van der Waals surface area (Å²) < 4.78 is 19.2. The minimum atomic E-state index is -0.337. The zero-order valence-corrected chi connectivity index (χ0v) is 15.4. The maximum absolute atomic E-state index is 13.5. The molecule has 1 aliphatic heterocycles. The first-order valence-electron chi connectivity index (χ1n) is 9.39. The number of aryl methyl sites for hydroxylation is 1. The van der Waals surface area contributed by atoms with Gasteiger partial charge in [-0.1, -0.05) is 30.3 Å². The third-order valence-corrected chi connectivity index (χ3v) is 5.33. The van der Waals surface area contributed by atoms with Gasteiger partial charge in [-0.3, -0.25) is 9.69 Å². The van der Waals surface area contributed by atoms with Crippen LogP contribution in [-0.2, 0) is 0 Å². The van der Waals surface area contributed by atoms with Gasteiger partial charge in [-0.25, -0.2) is 4.39 Å². The van der Waals surface area contributed by atoms with Gasteiger partial charge >= 0.3 is 0 Å². The molecular weight excluding hydrogens is 343 g/mol. The molecule has 1 atom stereocenters. The monoisotopic (exact) mass is 366 g/mol. The summed E-state index contributed by atoms with van der Waals surface area (Å²) >= 11 is 0. The Labute approximate surface area is 158 Å². The van der Waals surface area contributed by atoms with Crippen molar-refractivity contribution in [3.8, 4) is 0 Å². The number of nitrogens with one attached hydrogen (secondary N) is 1. The summed E-state index contributed by atoms with van der Waals surface area (Å²) in [7, 11) is 0. The van der Waals surface area contributed by atoms with E-state index in [-0.39, 0.29) is 23.5 Å². The molecule has 5 heteroatoms. The molecule has 0 aliphatic carbocycles. The van der Waals surface area contributed by atoms with E-state index in [0.29, 0.717) is 23.1 Å². The van der Waals surface area contributed by atoms with Crippen molar-refractivity contribution in [2.75, 3.05) is 19.6 Å². The molecule has 0 radical (unpaired) electrons. The fraction of sp³-hybridized carbons (Fsp3) is 0.318. The standard InChI is InChI=1S/C22H23FN2O2/c1-15-18-13-17(23)9-10-20(18)27-21(15)22(26)24-14-19(25-11-5-6-12-25)16-7-3-2-4-8-16/h2-4,7-10,13,19H,5-6,11-12,14H2,1H3,(H,24,26)/t19-/m0/s1. The molecule has 4 rings (SSSR count). The molecule has 1 fully saturated rings. The molecule has 0 unspecified atom stereocenters. The number of carbonyl (C=O) groups is 1. The molecule has 0 spiro atoms. The maximum Gasteiger partial charge on any atom is 0.287 e. The van der Waals surface area contributed by atoms with Crippen molar-refractivity contribution in [2.45, 2.75) is 25.8 Å². The van der Waals surface area contributed by atoms with Gasteiger partial charge in [-0.05, 0) is 56.6 Å². The largest absolute Gasteiger partial charge is 0.451 e. The van der Waals surface area contributed by atoms with Gasteiger partial charge in [0.1, 0.15) is 11.4 Å². The number of carbonyl (C=O) groups excluding carboxylic acids is 1. The second-order valence-corrected chi connectivity index (χ2v) is 7.08. The van der Waals surface area contributed by atoms with Crippen molar-refractivity contribution in [2.24, 2.45) is 0 Å². The Bertz CT molecular complexity index is 946. The van der Waals surface area contributed by atoms with Crippen LogP contribution in [0.25, 0.3) is 11.0 Å². The summed E-state index contributed by atoms with van der Waals surface area (Å²) in [6.07, 6.45) is 2.37. The molecule has 0 saturated carbocycles. The van der Waals surface area contributed by atoms with Crippen LogP contribution in [0.15, 0.2) is 52.9 Å². The van der Waals surface area contributed by atoms with E-state index < -0.39 is 0 Å². The number of nitrogens with zero attached hydrogens (tertiary/aromatic N) is 1. The van der Waals surface area contributed by atoms with Crippen molar-refractivity contribution in [1.29, 1.82) is 0 Å². The zero-order chi connectivity index (χ0) is 18.8. The fourth-order valence-electron chi connectivity index (χ4n) is 3.87. The molecule has 27 heavy (non-hydrogen) atoms. The van der Waals surface area contributed by atoms with Crippen molar-refractivity contribution in [3.05, 3.63) is 71.2 Å². The summed E-state index contributed by atoms with van der Waals surface area (Å²) in [5.41, 5.74) is 2.39. The number of furan rings is 1. The lowest BCUT2D eigenvalue weighted by molar-refractivity contribution is 0.0911. The van der Waals surface area contributed by atoms with E-state index >= 15 is 0 Å². The second-order valence-electron chi connectivity index (χ2n) is 7.08.